The van der Waals surface area contributed by atoms with E-state index in [9.17, 15) is 0 Å². The number of aromatic amines is 1. The number of hydrogen-bond donors (Lipinski definition) is 1. The third-order valence-corrected chi connectivity index (χ3v) is 5.95. The van der Waals surface area contributed by atoms with Gasteiger partial charge in [0.25, 0.3) is 0 Å². The largest absolute Gasteiger partial charge is 0.496 e. The molecule has 8 nitrogen and oxygen atoms in total. The summed E-state index contributed by atoms with van der Waals surface area (Å²) in [5.74, 6) is 4.47. The zero-order valence-electron chi connectivity index (χ0n) is 17.4. The molecule has 2 aromatic rings. The molecule has 3 heterocycles. The van der Waals surface area contributed by atoms with E-state index >= 15 is 0 Å². The average molecular weight is 402 g/mol. The van der Waals surface area contributed by atoms with E-state index in [1.165, 1.54) is 0 Å². The summed E-state index contributed by atoms with van der Waals surface area (Å²) >= 11 is 0. The third-order valence-electron chi connectivity index (χ3n) is 5.95. The van der Waals surface area contributed by atoms with E-state index in [0.717, 1.165) is 74.9 Å². The van der Waals surface area contributed by atoms with Gasteiger partial charge in [-0.1, -0.05) is 0 Å². The molecule has 29 heavy (non-hydrogen) atoms. The van der Waals surface area contributed by atoms with Gasteiger partial charge in [-0.25, -0.2) is 4.98 Å². The number of likely N-dealkylation sites (tertiary alicyclic amines) is 1. The lowest BCUT2D eigenvalue weighted by Gasteiger charge is -2.24. The maximum Gasteiger partial charge on any atom is 0.164 e. The van der Waals surface area contributed by atoms with Crippen LogP contribution in [0.15, 0.2) is 12.1 Å². The molecule has 0 spiro atoms. The molecule has 0 radical (unpaired) electrons. The molecule has 8 heteroatoms. The summed E-state index contributed by atoms with van der Waals surface area (Å²) < 4.78 is 22.0. The first kappa shape index (κ1) is 20.0. The summed E-state index contributed by atoms with van der Waals surface area (Å²) in [6.07, 6.45) is 4.19. The van der Waals surface area contributed by atoms with E-state index in [2.05, 4.69) is 15.1 Å². The minimum absolute atomic E-state index is 0.230. The van der Waals surface area contributed by atoms with E-state index in [1.807, 2.05) is 12.1 Å². The normalized spacial score (nSPS) is 20.7. The fourth-order valence-corrected chi connectivity index (χ4v) is 4.34. The van der Waals surface area contributed by atoms with Crippen molar-refractivity contribution < 1.29 is 18.9 Å². The molecule has 1 N–H and O–H groups in total. The van der Waals surface area contributed by atoms with Crippen molar-refractivity contribution in [3.8, 4) is 17.2 Å². The van der Waals surface area contributed by atoms with Crippen LogP contribution in [0, 0.1) is 0 Å². The Morgan fingerprint density at radius 2 is 1.76 bits per heavy atom. The number of hydrogen-bond acceptors (Lipinski definition) is 7. The number of nitrogens with one attached hydrogen (secondary N) is 1. The molecule has 0 aliphatic carbocycles. The highest BCUT2D eigenvalue weighted by Gasteiger charge is 2.31. The Kier molecular flexibility index (Phi) is 6.20. The third kappa shape index (κ3) is 4.18. The maximum absolute atomic E-state index is 5.61. The second-order valence-corrected chi connectivity index (χ2v) is 7.61. The molecule has 4 rings (SSSR count). The molecule has 1 atom stereocenters. The Hall–Kier alpha value is -2.32. The second kappa shape index (κ2) is 9.00. The van der Waals surface area contributed by atoms with Gasteiger partial charge in [0.05, 0.1) is 27.4 Å². The van der Waals surface area contributed by atoms with Crippen LogP contribution in [0.5, 0.6) is 17.2 Å². The van der Waals surface area contributed by atoms with Crippen LogP contribution in [-0.2, 0) is 11.3 Å². The molecular formula is C21H30N4O4. The van der Waals surface area contributed by atoms with Gasteiger partial charge in [0.1, 0.15) is 11.6 Å². The topological polar surface area (TPSA) is 81.7 Å². The summed E-state index contributed by atoms with van der Waals surface area (Å²) in [5, 5.41) is 7.74. The van der Waals surface area contributed by atoms with Gasteiger partial charge in [-0.2, -0.15) is 5.10 Å². The highest BCUT2D eigenvalue weighted by molar-refractivity contribution is 5.50. The fourth-order valence-electron chi connectivity index (χ4n) is 4.34. The van der Waals surface area contributed by atoms with E-state index in [1.54, 1.807) is 21.3 Å². The zero-order chi connectivity index (χ0) is 20.2. The van der Waals surface area contributed by atoms with Crippen LogP contribution < -0.4 is 14.2 Å². The monoisotopic (exact) mass is 402 g/mol. The minimum atomic E-state index is 0.230. The standard InChI is InChI=1S/C21H30N4O4/c1-26-17-12-19(28-3)18(27-2)11-15(17)13-25-8-4-5-16(25)21-22-20(23-24-21)14-6-9-29-10-7-14/h11-12,14,16H,4-10,13H2,1-3H3,(H,22,23,24)/t16-/m0/s1. The molecule has 158 valence electrons. The van der Waals surface area contributed by atoms with Crippen LogP contribution in [-0.4, -0.2) is 61.2 Å². The van der Waals surface area contributed by atoms with Gasteiger partial charge < -0.3 is 18.9 Å². The summed E-state index contributed by atoms with van der Waals surface area (Å²) in [6.45, 7) is 3.35. The Labute approximate surface area is 171 Å². The van der Waals surface area contributed by atoms with Crippen molar-refractivity contribution in [1.29, 1.82) is 0 Å². The predicted octanol–water partition coefficient (Wildman–Crippen LogP) is 3.06. The Balaban J connectivity index is 1.53. The van der Waals surface area contributed by atoms with Crippen molar-refractivity contribution in [1.82, 2.24) is 20.1 Å². The first-order chi connectivity index (χ1) is 14.2. The van der Waals surface area contributed by atoms with Crippen molar-refractivity contribution in [2.24, 2.45) is 0 Å². The highest BCUT2D eigenvalue weighted by atomic mass is 16.5. The second-order valence-electron chi connectivity index (χ2n) is 7.61. The first-order valence-electron chi connectivity index (χ1n) is 10.3. The van der Waals surface area contributed by atoms with E-state index in [4.69, 9.17) is 23.9 Å². The van der Waals surface area contributed by atoms with Crippen LogP contribution >= 0.6 is 0 Å². The summed E-state index contributed by atoms with van der Waals surface area (Å²) in [5.41, 5.74) is 1.07. The molecule has 2 saturated heterocycles. The quantitative estimate of drug-likeness (QED) is 0.762. The van der Waals surface area contributed by atoms with Crippen LogP contribution in [0.4, 0.5) is 0 Å². The maximum atomic E-state index is 5.61. The highest BCUT2D eigenvalue weighted by Crippen LogP contribution is 2.38. The lowest BCUT2D eigenvalue weighted by Crippen LogP contribution is -2.24. The van der Waals surface area contributed by atoms with Crippen LogP contribution in [0.1, 0.15) is 54.9 Å². The van der Waals surface area contributed by atoms with Gasteiger partial charge in [0, 0.05) is 37.3 Å². The van der Waals surface area contributed by atoms with Gasteiger partial charge in [-0.3, -0.25) is 10.00 Å². The lowest BCUT2D eigenvalue weighted by atomic mass is 10.00. The number of benzene rings is 1. The van der Waals surface area contributed by atoms with Crippen molar-refractivity contribution in [3.05, 3.63) is 29.3 Å². The Bertz CT molecular complexity index is 819. The Morgan fingerprint density at radius 1 is 1.03 bits per heavy atom. The summed E-state index contributed by atoms with van der Waals surface area (Å²) in [7, 11) is 4.97. The predicted molar refractivity (Wildman–Crippen MR) is 108 cm³/mol. The smallest absolute Gasteiger partial charge is 0.164 e. The molecule has 1 aromatic heterocycles. The van der Waals surface area contributed by atoms with Gasteiger partial charge >= 0.3 is 0 Å². The van der Waals surface area contributed by atoms with E-state index in [0.29, 0.717) is 17.4 Å². The van der Waals surface area contributed by atoms with Crippen LogP contribution in [0.25, 0.3) is 0 Å². The average Bonchev–Trinajstić information content (AvgIpc) is 3.43. The van der Waals surface area contributed by atoms with Crippen molar-refractivity contribution in [2.75, 3.05) is 41.1 Å². The number of methoxy groups -OCH3 is 3. The molecular weight excluding hydrogens is 372 g/mol. The molecule has 0 saturated carbocycles. The van der Waals surface area contributed by atoms with Gasteiger partial charge in [-0.15, -0.1) is 0 Å². The van der Waals surface area contributed by atoms with Crippen molar-refractivity contribution in [2.45, 2.75) is 44.2 Å². The number of rotatable bonds is 7. The molecule has 0 bridgehead atoms. The molecule has 1 aromatic carbocycles. The number of nitrogens with zero attached hydrogens (tertiary/aromatic N) is 3. The number of ether oxygens (including phenoxy) is 4. The number of aromatic nitrogens is 3. The molecule has 0 unspecified atom stereocenters. The van der Waals surface area contributed by atoms with Crippen molar-refractivity contribution in [3.63, 3.8) is 0 Å². The molecule has 2 aliphatic rings. The summed E-state index contributed by atoms with van der Waals surface area (Å²) in [4.78, 5) is 7.30. The SMILES string of the molecule is COc1cc(OC)c(OC)cc1CN1CCC[C@H]1c1nc(C2CCOCC2)n[nH]1. The van der Waals surface area contributed by atoms with Gasteiger partial charge in [0.2, 0.25) is 0 Å². The summed E-state index contributed by atoms with van der Waals surface area (Å²) in [6, 6.07) is 4.12. The van der Waals surface area contributed by atoms with Gasteiger partial charge in [0.15, 0.2) is 17.3 Å². The number of H-pyrrole nitrogens is 1. The first-order valence-corrected chi connectivity index (χ1v) is 10.3. The fraction of sp³-hybridized carbons (Fsp3) is 0.619. The molecule has 0 amide bonds. The van der Waals surface area contributed by atoms with E-state index < -0.39 is 0 Å². The molecule has 2 aliphatic heterocycles. The van der Waals surface area contributed by atoms with E-state index in [-0.39, 0.29) is 6.04 Å². The zero-order valence-corrected chi connectivity index (χ0v) is 17.4. The Morgan fingerprint density at radius 3 is 2.48 bits per heavy atom. The van der Waals surface area contributed by atoms with Crippen LogP contribution in [0.3, 0.4) is 0 Å². The van der Waals surface area contributed by atoms with Crippen molar-refractivity contribution >= 4 is 0 Å². The van der Waals surface area contributed by atoms with Crippen LogP contribution in [0.2, 0.25) is 0 Å². The lowest BCUT2D eigenvalue weighted by molar-refractivity contribution is 0.0836. The van der Waals surface area contributed by atoms with Gasteiger partial charge in [-0.05, 0) is 38.3 Å². The minimum Gasteiger partial charge on any atom is -0.496 e. The molecule has 2 fully saturated rings.